The van der Waals surface area contributed by atoms with Crippen LogP contribution in [0.15, 0.2) is 64.6 Å². The van der Waals surface area contributed by atoms with E-state index in [0.717, 1.165) is 30.1 Å². The normalized spacial score (nSPS) is 15.5. The van der Waals surface area contributed by atoms with E-state index in [1.807, 2.05) is 29.6 Å². The van der Waals surface area contributed by atoms with Gasteiger partial charge in [-0.25, -0.2) is 0 Å². The van der Waals surface area contributed by atoms with Crippen molar-refractivity contribution in [2.75, 3.05) is 13.1 Å². The molecule has 4 rings (SSSR count). The Labute approximate surface area is 151 Å². The Morgan fingerprint density at radius 3 is 2.80 bits per heavy atom. The molecule has 4 nitrogen and oxygen atoms in total. The standard InChI is InChI=1S/C20H20N2O2S/c23-20(19-8-4-12-25-19)21-13-17(18-7-3-11-24-18)22-10-9-15-5-1-2-6-16(15)14-22/h1-8,11-12,17H,9-10,13-14H2,(H,21,23)/t17-/m1/s1. The van der Waals surface area contributed by atoms with Crippen LogP contribution in [0.5, 0.6) is 0 Å². The van der Waals surface area contributed by atoms with Gasteiger partial charge < -0.3 is 9.73 Å². The summed E-state index contributed by atoms with van der Waals surface area (Å²) in [6, 6.07) is 16.2. The van der Waals surface area contributed by atoms with Crippen LogP contribution >= 0.6 is 11.3 Å². The van der Waals surface area contributed by atoms with E-state index in [2.05, 4.69) is 34.5 Å². The number of hydrogen-bond donors (Lipinski definition) is 1. The first-order valence-corrected chi connectivity index (χ1v) is 9.35. The van der Waals surface area contributed by atoms with Crippen LogP contribution in [0, 0.1) is 0 Å². The number of nitrogens with one attached hydrogen (secondary N) is 1. The Kier molecular flexibility index (Phi) is 4.68. The molecule has 3 heterocycles. The van der Waals surface area contributed by atoms with Gasteiger partial charge in [-0.05, 0) is 41.1 Å². The largest absolute Gasteiger partial charge is 0.468 e. The fraction of sp³-hybridized carbons (Fsp3) is 0.250. The van der Waals surface area contributed by atoms with E-state index in [1.165, 1.54) is 22.5 Å². The van der Waals surface area contributed by atoms with Gasteiger partial charge in [0, 0.05) is 19.6 Å². The van der Waals surface area contributed by atoms with Crippen LogP contribution in [0.1, 0.15) is 32.6 Å². The lowest BCUT2D eigenvalue weighted by molar-refractivity contribution is 0.0923. The summed E-state index contributed by atoms with van der Waals surface area (Å²) in [5.74, 6) is 0.870. The lowest BCUT2D eigenvalue weighted by Crippen LogP contribution is -2.40. The number of hydrogen-bond acceptors (Lipinski definition) is 4. The van der Waals surface area contributed by atoms with Crippen molar-refractivity contribution in [1.29, 1.82) is 0 Å². The average molecular weight is 352 g/mol. The van der Waals surface area contributed by atoms with Crippen molar-refractivity contribution in [3.8, 4) is 0 Å². The molecule has 5 heteroatoms. The number of nitrogens with zero attached hydrogens (tertiary/aromatic N) is 1. The summed E-state index contributed by atoms with van der Waals surface area (Å²) < 4.78 is 5.67. The molecule has 0 aliphatic carbocycles. The molecule has 1 N–H and O–H groups in total. The number of thiophene rings is 1. The van der Waals surface area contributed by atoms with Gasteiger partial charge in [0.25, 0.3) is 5.91 Å². The quantitative estimate of drug-likeness (QED) is 0.758. The second-order valence-corrected chi connectivity index (χ2v) is 7.16. The number of amides is 1. The van der Waals surface area contributed by atoms with Crippen molar-refractivity contribution >= 4 is 17.2 Å². The Morgan fingerprint density at radius 1 is 1.16 bits per heavy atom. The van der Waals surface area contributed by atoms with Crippen molar-refractivity contribution in [2.45, 2.75) is 19.0 Å². The van der Waals surface area contributed by atoms with Crippen LogP contribution in [0.25, 0.3) is 0 Å². The molecule has 0 saturated carbocycles. The second-order valence-electron chi connectivity index (χ2n) is 6.21. The summed E-state index contributed by atoms with van der Waals surface area (Å²) in [6.45, 7) is 2.36. The Hall–Kier alpha value is -2.37. The molecule has 0 radical (unpaired) electrons. The summed E-state index contributed by atoms with van der Waals surface area (Å²) in [5, 5.41) is 4.98. The third kappa shape index (κ3) is 3.52. The van der Waals surface area contributed by atoms with E-state index in [0.29, 0.717) is 6.54 Å². The van der Waals surface area contributed by atoms with Crippen molar-refractivity contribution in [3.05, 3.63) is 81.9 Å². The third-order valence-corrected chi connectivity index (χ3v) is 5.54. The van der Waals surface area contributed by atoms with Gasteiger partial charge in [0.15, 0.2) is 0 Å². The lowest BCUT2D eigenvalue weighted by Gasteiger charge is -2.34. The highest BCUT2D eigenvalue weighted by Crippen LogP contribution is 2.28. The van der Waals surface area contributed by atoms with E-state index in [4.69, 9.17) is 4.42 Å². The molecular formula is C20H20N2O2S. The maximum atomic E-state index is 12.3. The zero-order valence-electron chi connectivity index (χ0n) is 13.9. The maximum Gasteiger partial charge on any atom is 0.261 e. The summed E-state index contributed by atoms with van der Waals surface area (Å²) in [7, 11) is 0. The van der Waals surface area contributed by atoms with Gasteiger partial charge in [0.2, 0.25) is 0 Å². The van der Waals surface area contributed by atoms with Crippen LogP contribution in [0.3, 0.4) is 0 Å². The molecule has 3 aromatic rings. The molecule has 25 heavy (non-hydrogen) atoms. The van der Waals surface area contributed by atoms with Gasteiger partial charge >= 0.3 is 0 Å². The van der Waals surface area contributed by atoms with Crippen LogP contribution in [-0.4, -0.2) is 23.9 Å². The summed E-state index contributed by atoms with van der Waals surface area (Å²) in [4.78, 5) is 15.4. The number of fused-ring (bicyclic) bond motifs is 1. The highest BCUT2D eigenvalue weighted by atomic mass is 32.1. The molecule has 0 spiro atoms. The van der Waals surface area contributed by atoms with Crippen molar-refractivity contribution in [2.24, 2.45) is 0 Å². The predicted molar refractivity (Wildman–Crippen MR) is 98.7 cm³/mol. The zero-order chi connectivity index (χ0) is 17.1. The molecule has 128 valence electrons. The number of benzene rings is 1. The summed E-state index contributed by atoms with van der Waals surface area (Å²) in [5.41, 5.74) is 2.77. The van der Waals surface area contributed by atoms with Gasteiger partial charge in [-0.2, -0.15) is 0 Å². The van der Waals surface area contributed by atoms with Gasteiger partial charge in [-0.15, -0.1) is 11.3 Å². The minimum absolute atomic E-state index is 0.0241. The number of carbonyl (C=O) groups is 1. The second kappa shape index (κ2) is 7.25. The minimum atomic E-state index is -0.0241. The molecule has 1 amide bonds. The predicted octanol–water partition coefficient (Wildman–Crippen LogP) is 3.87. The van der Waals surface area contributed by atoms with E-state index in [9.17, 15) is 4.79 Å². The zero-order valence-corrected chi connectivity index (χ0v) is 14.7. The molecule has 0 bridgehead atoms. The first-order valence-electron chi connectivity index (χ1n) is 8.47. The molecule has 1 atom stereocenters. The molecule has 1 aromatic carbocycles. The van der Waals surface area contributed by atoms with E-state index in [-0.39, 0.29) is 11.9 Å². The molecule has 0 fully saturated rings. The number of furan rings is 1. The fourth-order valence-electron chi connectivity index (χ4n) is 3.36. The highest BCUT2D eigenvalue weighted by Gasteiger charge is 2.27. The smallest absolute Gasteiger partial charge is 0.261 e. The molecule has 2 aromatic heterocycles. The monoisotopic (exact) mass is 352 g/mol. The number of carbonyl (C=O) groups excluding carboxylic acids is 1. The van der Waals surface area contributed by atoms with E-state index < -0.39 is 0 Å². The first kappa shape index (κ1) is 16.1. The highest BCUT2D eigenvalue weighted by molar-refractivity contribution is 7.12. The SMILES string of the molecule is O=C(NC[C@H](c1ccco1)N1CCc2ccccc2C1)c1cccs1. The van der Waals surface area contributed by atoms with Crippen LogP contribution in [0.4, 0.5) is 0 Å². The van der Waals surface area contributed by atoms with Crippen molar-refractivity contribution in [1.82, 2.24) is 10.2 Å². The number of rotatable bonds is 5. The average Bonchev–Trinajstić information content (AvgIpc) is 3.35. The van der Waals surface area contributed by atoms with Crippen molar-refractivity contribution in [3.63, 3.8) is 0 Å². The molecule has 0 unspecified atom stereocenters. The van der Waals surface area contributed by atoms with Crippen LogP contribution in [-0.2, 0) is 13.0 Å². The Morgan fingerprint density at radius 2 is 2.04 bits per heavy atom. The lowest BCUT2D eigenvalue weighted by atomic mass is 9.98. The van der Waals surface area contributed by atoms with Crippen molar-refractivity contribution < 1.29 is 9.21 Å². The molecule has 1 aliphatic heterocycles. The fourth-order valence-corrected chi connectivity index (χ4v) is 4.00. The summed E-state index contributed by atoms with van der Waals surface area (Å²) >= 11 is 1.46. The Bertz CT molecular complexity index is 827. The molecule has 1 aliphatic rings. The van der Waals surface area contributed by atoms with Gasteiger partial charge in [0.1, 0.15) is 5.76 Å². The van der Waals surface area contributed by atoms with E-state index >= 15 is 0 Å². The molecule has 0 saturated heterocycles. The molecular weight excluding hydrogens is 332 g/mol. The topological polar surface area (TPSA) is 45.5 Å². The van der Waals surface area contributed by atoms with Crippen LogP contribution < -0.4 is 5.32 Å². The third-order valence-electron chi connectivity index (χ3n) is 4.67. The maximum absolute atomic E-state index is 12.3. The van der Waals surface area contributed by atoms with Gasteiger partial charge in [-0.3, -0.25) is 9.69 Å². The Balaban J connectivity index is 1.50. The van der Waals surface area contributed by atoms with E-state index in [1.54, 1.807) is 6.26 Å². The van der Waals surface area contributed by atoms with Crippen LogP contribution in [0.2, 0.25) is 0 Å². The van der Waals surface area contributed by atoms with Gasteiger partial charge in [-0.1, -0.05) is 30.3 Å². The first-order chi connectivity index (χ1) is 12.3. The van der Waals surface area contributed by atoms with Gasteiger partial charge in [0.05, 0.1) is 17.2 Å². The summed E-state index contributed by atoms with van der Waals surface area (Å²) in [6.07, 6.45) is 2.72. The minimum Gasteiger partial charge on any atom is -0.468 e.